The lowest BCUT2D eigenvalue weighted by atomic mass is 10.0. The van der Waals surface area contributed by atoms with E-state index in [9.17, 15) is 4.79 Å². The van der Waals surface area contributed by atoms with Crippen molar-refractivity contribution in [2.24, 2.45) is 0 Å². The summed E-state index contributed by atoms with van der Waals surface area (Å²) in [4.78, 5) is 18.4. The molecule has 1 aromatic carbocycles. The monoisotopic (exact) mass is 408 g/mol. The molecule has 156 valence electrons. The fraction of sp³-hybridized carbons (Fsp3) is 0.360. The third kappa shape index (κ3) is 4.11. The van der Waals surface area contributed by atoms with Gasteiger partial charge in [-0.15, -0.1) is 0 Å². The lowest BCUT2D eigenvalue weighted by molar-refractivity contribution is 0.0224. The number of carbonyl (C=O) groups excluding carboxylic acids is 1. The number of pyridine rings is 1. The van der Waals surface area contributed by atoms with Gasteiger partial charge in [0.2, 0.25) is 0 Å². The second-order valence-corrected chi connectivity index (χ2v) is 8.60. The van der Waals surface area contributed by atoms with Crippen molar-refractivity contribution in [2.75, 3.05) is 6.54 Å². The molecule has 0 spiro atoms. The fourth-order valence-corrected chi connectivity index (χ4v) is 3.67. The molecular formula is C25H29N3O2. The molecule has 1 aliphatic heterocycles. The second kappa shape index (κ2) is 7.63. The van der Waals surface area contributed by atoms with Crippen LogP contribution >= 0.6 is 0 Å². The first-order valence-electron chi connectivity index (χ1n) is 12.5. The molecule has 0 fully saturated rings. The number of amides is 1. The molecule has 5 heteroatoms. The van der Waals surface area contributed by atoms with E-state index in [1.165, 1.54) is 18.3 Å². The molecule has 0 unspecified atom stereocenters. The number of hydrogen-bond donors (Lipinski definition) is 0. The molecular weight excluding hydrogens is 374 g/mol. The number of carbonyl (C=O) groups is 1. The quantitative estimate of drug-likeness (QED) is 0.556. The highest BCUT2D eigenvalue weighted by Crippen LogP contribution is 2.32. The minimum Gasteiger partial charge on any atom is -0.444 e. The van der Waals surface area contributed by atoms with Gasteiger partial charge in [0.1, 0.15) is 5.60 Å². The van der Waals surface area contributed by atoms with Crippen molar-refractivity contribution in [1.82, 2.24) is 14.5 Å². The molecule has 5 nitrogen and oxygen atoms in total. The third-order valence-corrected chi connectivity index (χ3v) is 5.03. The Morgan fingerprint density at radius 2 is 2.13 bits per heavy atom. The van der Waals surface area contributed by atoms with Crippen LogP contribution in [0.1, 0.15) is 55.7 Å². The number of hydrogen-bond acceptors (Lipinski definition) is 3. The zero-order valence-electron chi connectivity index (χ0n) is 22.7. The summed E-state index contributed by atoms with van der Waals surface area (Å²) < 4.78 is 47.4. The molecule has 3 aromatic rings. The predicted octanol–water partition coefficient (Wildman–Crippen LogP) is 5.57. The van der Waals surface area contributed by atoms with Gasteiger partial charge in [0.05, 0.1) is 14.8 Å². The van der Waals surface area contributed by atoms with E-state index in [2.05, 4.69) is 4.98 Å². The lowest BCUT2D eigenvalue weighted by Gasteiger charge is -2.30. The van der Waals surface area contributed by atoms with Crippen molar-refractivity contribution in [1.29, 1.82) is 0 Å². The predicted molar refractivity (Wildman–Crippen MR) is 121 cm³/mol. The molecule has 2 aromatic heterocycles. The first kappa shape index (κ1) is 14.8. The molecule has 3 heterocycles. The highest BCUT2D eigenvalue weighted by atomic mass is 16.6. The maximum atomic E-state index is 12.7. The Morgan fingerprint density at radius 1 is 1.30 bits per heavy atom. The smallest absolute Gasteiger partial charge is 0.410 e. The van der Waals surface area contributed by atoms with Crippen LogP contribution in [-0.2, 0) is 17.7 Å². The van der Waals surface area contributed by atoms with E-state index >= 15 is 0 Å². The normalized spacial score (nSPS) is 17.9. The van der Waals surface area contributed by atoms with E-state index in [4.69, 9.17) is 11.6 Å². The average Bonchev–Trinajstić information content (AvgIpc) is 3.09. The van der Waals surface area contributed by atoms with E-state index in [-0.39, 0.29) is 24.0 Å². The summed E-state index contributed by atoms with van der Waals surface area (Å²) in [5.74, 6) is 0. The number of aryl methyl sites for hydroxylation is 2. The van der Waals surface area contributed by atoms with Gasteiger partial charge >= 0.3 is 6.09 Å². The Labute approximate surface area is 185 Å². The molecule has 30 heavy (non-hydrogen) atoms. The highest BCUT2D eigenvalue weighted by Gasteiger charge is 2.29. The third-order valence-electron chi connectivity index (χ3n) is 5.03. The van der Waals surface area contributed by atoms with Crippen LogP contribution < -0.4 is 0 Å². The van der Waals surface area contributed by atoms with Gasteiger partial charge in [-0.25, -0.2) is 4.79 Å². The summed E-state index contributed by atoms with van der Waals surface area (Å²) in [5.41, 5.74) is 3.37. The Morgan fingerprint density at radius 3 is 2.83 bits per heavy atom. The number of fused-ring (bicyclic) bond motifs is 3. The van der Waals surface area contributed by atoms with Crippen molar-refractivity contribution in [3.05, 3.63) is 64.6 Å². The van der Waals surface area contributed by atoms with Gasteiger partial charge < -0.3 is 14.2 Å². The molecule has 0 atom stereocenters. The van der Waals surface area contributed by atoms with Gasteiger partial charge in [0, 0.05) is 51.8 Å². The van der Waals surface area contributed by atoms with Crippen LogP contribution in [0.4, 0.5) is 4.79 Å². The summed E-state index contributed by atoms with van der Waals surface area (Å²) in [6, 6.07) is 8.74. The maximum absolute atomic E-state index is 12.7. The van der Waals surface area contributed by atoms with Gasteiger partial charge in [0.15, 0.2) is 0 Å². The Bertz CT molecular complexity index is 1320. The SMILES string of the molecule is [2H]C(=C([2H])n1c2c(c3cc(C)ccc31)CN(C(=O)OC(C)(C)C)CC2)c1ccc(C([2H])([2H])[2H])nc1. The summed E-state index contributed by atoms with van der Waals surface area (Å²) in [5, 5.41) is 0.932. The lowest BCUT2D eigenvalue weighted by Crippen LogP contribution is -2.40. The topological polar surface area (TPSA) is 47.4 Å². The number of rotatable bonds is 2. The van der Waals surface area contributed by atoms with Gasteiger partial charge in [-0.05, 0) is 64.4 Å². The van der Waals surface area contributed by atoms with Gasteiger partial charge in [0.25, 0.3) is 0 Å². The highest BCUT2D eigenvalue weighted by molar-refractivity contribution is 5.89. The van der Waals surface area contributed by atoms with Crippen molar-refractivity contribution < 1.29 is 16.4 Å². The second-order valence-electron chi connectivity index (χ2n) is 8.60. The number of nitrogens with zero attached hydrogens (tertiary/aromatic N) is 3. The minimum absolute atomic E-state index is 0.0331. The number of aromatic nitrogens is 2. The van der Waals surface area contributed by atoms with E-state index in [1.54, 1.807) is 9.47 Å². The van der Waals surface area contributed by atoms with E-state index in [1.807, 2.05) is 45.9 Å². The number of benzene rings is 1. The summed E-state index contributed by atoms with van der Waals surface area (Å²) in [7, 11) is 0. The first-order chi connectivity index (χ1) is 16.3. The van der Waals surface area contributed by atoms with Crippen LogP contribution in [0, 0.1) is 13.8 Å². The zero-order valence-corrected chi connectivity index (χ0v) is 17.7. The van der Waals surface area contributed by atoms with Crippen molar-refractivity contribution in [3.8, 4) is 0 Å². The molecule has 0 bridgehead atoms. The summed E-state index contributed by atoms with van der Waals surface area (Å²) in [6.45, 7) is 5.95. The van der Waals surface area contributed by atoms with E-state index in [0.29, 0.717) is 25.1 Å². The summed E-state index contributed by atoms with van der Waals surface area (Å²) >= 11 is 0. The van der Waals surface area contributed by atoms with Gasteiger partial charge in [-0.3, -0.25) is 4.98 Å². The molecule has 4 rings (SSSR count). The fourth-order valence-electron chi connectivity index (χ4n) is 3.67. The standard InChI is InChI=1S/C25H29N3O2/c1-17-6-9-22-20(14-17)21-16-27(24(29)30-25(3,4)5)12-11-23(21)28(22)13-10-19-8-7-18(2)26-15-19/h6-10,13-15H,11-12,16H2,1-5H3/i2D3,10D,13D. The average molecular weight is 409 g/mol. The molecule has 0 radical (unpaired) electrons. The first-order valence-corrected chi connectivity index (χ1v) is 10.0. The van der Waals surface area contributed by atoms with Crippen LogP contribution in [0.5, 0.6) is 0 Å². The van der Waals surface area contributed by atoms with Crippen LogP contribution in [0.3, 0.4) is 0 Å². The van der Waals surface area contributed by atoms with Crippen molar-refractivity contribution in [3.63, 3.8) is 0 Å². The molecule has 0 N–H and O–H groups in total. The molecule has 0 saturated heterocycles. The summed E-state index contributed by atoms with van der Waals surface area (Å²) in [6.07, 6.45) is 1.42. The van der Waals surface area contributed by atoms with Gasteiger partial charge in [-0.2, -0.15) is 0 Å². The maximum Gasteiger partial charge on any atom is 0.410 e. The Kier molecular flexibility index (Phi) is 3.77. The van der Waals surface area contributed by atoms with Crippen molar-refractivity contribution in [2.45, 2.75) is 53.1 Å². The van der Waals surface area contributed by atoms with E-state index < -0.39 is 12.5 Å². The van der Waals surface area contributed by atoms with Crippen LogP contribution in [0.15, 0.2) is 36.5 Å². The van der Waals surface area contributed by atoms with Crippen LogP contribution in [0.2, 0.25) is 0 Å². The molecule has 0 aliphatic carbocycles. The molecule has 0 saturated carbocycles. The van der Waals surface area contributed by atoms with Crippen LogP contribution in [-0.4, -0.2) is 32.7 Å². The van der Waals surface area contributed by atoms with Crippen LogP contribution in [0.25, 0.3) is 23.1 Å². The Balaban J connectivity index is 1.79. The zero-order chi connectivity index (χ0) is 25.7. The van der Waals surface area contributed by atoms with E-state index in [0.717, 1.165) is 27.7 Å². The molecule has 1 aliphatic rings. The number of ether oxygens (including phenoxy) is 1. The van der Waals surface area contributed by atoms with Crippen molar-refractivity contribution >= 4 is 29.2 Å². The van der Waals surface area contributed by atoms with Gasteiger partial charge in [-0.1, -0.05) is 17.7 Å². The molecule has 1 amide bonds. The minimum atomic E-state index is -2.33. The largest absolute Gasteiger partial charge is 0.444 e. The Hall–Kier alpha value is -3.08.